The number of aliphatic hydroxyl groups excluding tert-OH is 1. The predicted molar refractivity (Wildman–Crippen MR) is 64.5 cm³/mol. The minimum absolute atomic E-state index is 0.0603. The molecule has 0 bridgehead atoms. The quantitative estimate of drug-likeness (QED) is 0.868. The molecule has 1 aliphatic heterocycles. The van der Waals surface area contributed by atoms with Crippen LogP contribution in [0.25, 0.3) is 0 Å². The van der Waals surface area contributed by atoms with Crippen LogP contribution in [-0.4, -0.2) is 35.7 Å². The Balaban J connectivity index is 2.43. The summed E-state index contributed by atoms with van der Waals surface area (Å²) >= 11 is 0. The van der Waals surface area contributed by atoms with Crippen LogP contribution in [0.15, 0.2) is 0 Å². The number of rotatable bonds is 3. The van der Waals surface area contributed by atoms with Gasteiger partial charge in [-0.25, -0.2) is 8.42 Å². The van der Waals surface area contributed by atoms with Gasteiger partial charge >= 0.3 is 0 Å². The summed E-state index contributed by atoms with van der Waals surface area (Å²) in [6, 6.07) is 0. The van der Waals surface area contributed by atoms with Gasteiger partial charge in [-0.1, -0.05) is 0 Å². The fourth-order valence-corrected chi connectivity index (χ4v) is 4.38. The molecule has 2 heterocycles. The lowest BCUT2D eigenvalue weighted by molar-refractivity contribution is 0.299. The second-order valence-electron chi connectivity index (χ2n) is 4.53. The van der Waals surface area contributed by atoms with Gasteiger partial charge in [-0.05, 0) is 38.7 Å². The van der Waals surface area contributed by atoms with Gasteiger partial charge in [0.15, 0.2) is 15.2 Å². The molecular weight excluding hydrogens is 240 g/mol. The Labute approximate surface area is 101 Å². The summed E-state index contributed by atoms with van der Waals surface area (Å²) in [4.78, 5) is 0. The Morgan fingerprint density at radius 1 is 1.47 bits per heavy atom. The van der Waals surface area contributed by atoms with Crippen molar-refractivity contribution in [3.63, 3.8) is 0 Å². The van der Waals surface area contributed by atoms with Gasteiger partial charge in [0.25, 0.3) is 0 Å². The van der Waals surface area contributed by atoms with Gasteiger partial charge in [0.2, 0.25) is 0 Å². The molecule has 0 amide bonds. The van der Waals surface area contributed by atoms with Crippen molar-refractivity contribution < 1.29 is 13.5 Å². The van der Waals surface area contributed by atoms with Crippen LogP contribution in [-0.2, 0) is 16.3 Å². The molecule has 2 rings (SSSR count). The predicted octanol–water partition coefficient (Wildman–Crippen LogP) is 0.742. The second-order valence-corrected chi connectivity index (χ2v) is 6.81. The molecule has 17 heavy (non-hydrogen) atoms. The molecule has 5 nitrogen and oxygen atoms in total. The Hall–Kier alpha value is -0.880. The summed E-state index contributed by atoms with van der Waals surface area (Å²) in [5.41, 5.74) is 2.65. The number of hydrogen-bond acceptors (Lipinski definition) is 4. The molecule has 1 aliphatic rings. The van der Waals surface area contributed by atoms with E-state index in [0.717, 1.165) is 17.0 Å². The molecule has 1 atom stereocenters. The van der Waals surface area contributed by atoms with Gasteiger partial charge in [0.1, 0.15) is 0 Å². The highest BCUT2D eigenvalue weighted by atomic mass is 32.2. The minimum atomic E-state index is -3.04. The smallest absolute Gasteiger partial charge is 0.173 e. The van der Waals surface area contributed by atoms with Crippen LogP contribution in [0.5, 0.6) is 0 Å². The van der Waals surface area contributed by atoms with E-state index >= 15 is 0 Å². The number of sulfone groups is 1. The van der Waals surface area contributed by atoms with Crippen LogP contribution < -0.4 is 0 Å². The molecular formula is C11H18N2O3S. The first kappa shape index (κ1) is 12.6. The molecule has 0 aliphatic carbocycles. The van der Waals surface area contributed by atoms with E-state index in [2.05, 4.69) is 5.10 Å². The maximum Gasteiger partial charge on any atom is 0.173 e. The SMILES string of the molecule is Cc1nn(C2CCCS2(=O)=O)c(C)c1CCO. The third kappa shape index (κ3) is 2.11. The van der Waals surface area contributed by atoms with E-state index in [1.54, 1.807) is 4.68 Å². The molecule has 6 heteroatoms. The highest BCUT2D eigenvalue weighted by Crippen LogP contribution is 2.31. The standard InChI is InChI=1S/C11H18N2O3S/c1-8-10(5-6-14)9(2)13(12-8)11-4-3-7-17(11,15)16/h11,14H,3-7H2,1-2H3. The molecule has 1 fully saturated rings. The third-order valence-corrected chi connectivity index (χ3v) is 5.53. The summed E-state index contributed by atoms with van der Waals surface area (Å²) < 4.78 is 25.4. The molecule has 0 aromatic carbocycles. The van der Waals surface area contributed by atoms with Crippen LogP contribution in [0.3, 0.4) is 0 Å². The van der Waals surface area contributed by atoms with Crippen LogP contribution in [0.4, 0.5) is 0 Å². The lowest BCUT2D eigenvalue weighted by Gasteiger charge is -2.12. The van der Waals surface area contributed by atoms with Crippen molar-refractivity contribution in [2.75, 3.05) is 12.4 Å². The molecule has 1 aromatic heterocycles. The van der Waals surface area contributed by atoms with Crippen molar-refractivity contribution in [1.29, 1.82) is 0 Å². The summed E-state index contributed by atoms with van der Waals surface area (Å²) in [7, 11) is -3.04. The fourth-order valence-electron chi connectivity index (χ4n) is 2.50. The van der Waals surface area contributed by atoms with Crippen molar-refractivity contribution >= 4 is 9.84 Å². The second kappa shape index (κ2) is 4.42. The zero-order valence-corrected chi connectivity index (χ0v) is 11.0. The Bertz CT molecular complexity index is 519. The topological polar surface area (TPSA) is 72.2 Å². The van der Waals surface area contributed by atoms with Gasteiger partial charge < -0.3 is 5.11 Å². The molecule has 1 N–H and O–H groups in total. The van der Waals surface area contributed by atoms with E-state index in [0.29, 0.717) is 19.3 Å². The summed E-state index contributed by atoms with van der Waals surface area (Å²) in [6.07, 6.45) is 1.88. The molecule has 0 radical (unpaired) electrons. The van der Waals surface area contributed by atoms with E-state index < -0.39 is 15.2 Å². The van der Waals surface area contributed by atoms with Gasteiger partial charge in [-0.2, -0.15) is 5.10 Å². The highest BCUT2D eigenvalue weighted by molar-refractivity contribution is 7.91. The maximum absolute atomic E-state index is 11.9. The van der Waals surface area contributed by atoms with E-state index in [1.165, 1.54) is 0 Å². The van der Waals surface area contributed by atoms with Crippen molar-refractivity contribution in [1.82, 2.24) is 9.78 Å². The molecule has 0 saturated carbocycles. The van der Waals surface area contributed by atoms with Crippen molar-refractivity contribution in [3.05, 3.63) is 17.0 Å². The van der Waals surface area contributed by atoms with E-state index in [1.807, 2.05) is 13.8 Å². The lowest BCUT2D eigenvalue weighted by Crippen LogP contribution is -2.18. The first-order chi connectivity index (χ1) is 7.97. The van der Waals surface area contributed by atoms with Gasteiger partial charge in [-0.3, -0.25) is 4.68 Å². The fraction of sp³-hybridized carbons (Fsp3) is 0.727. The number of aliphatic hydroxyl groups is 1. The average Bonchev–Trinajstić information content (AvgIpc) is 2.72. The number of hydrogen-bond donors (Lipinski definition) is 1. The van der Waals surface area contributed by atoms with Crippen molar-refractivity contribution in [3.8, 4) is 0 Å². The van der Waals surface area contributed by atoms with Gasteiger partial charge in [0, 0.05) is 12.3 Å². The van der Waals surface area contributed by atoms with E-state index in [9.17, 15) is 8.42 Å². The van der Waals surface area contributed by atoms with Crippen molar-refractivity contribution in [2.24, 2.45) is 0 Å². The van der Waals surface area contributed by atoms with E-state index in [-0.39, 0.29) is 12.4 Å². The number of aromatic nitrogens is 2. The average molecular weight is 258 g/mol. The van der Waals surface area contributed by atoms with Crippen LogP contribution in [0.1, 0.15) is 35.2 Å². The number of aryl methyl sites for hydroxylation is 1. The Morgan fingerprint density at radius 2 is 2.18 bits per heavy atom. The molecule has 1 unspecified atom stereocenters. The third-order valence-electron chi connectivity index (χ3n) is 3.40. The lowest BCUT2D eigenvalue weighted by atomic mass is 10.1. The molecule has 1 aromatic rings. The van der Waals surface area contributed by atoms with Gasteiger partial charge in [-0.15, -0.1) is 0 Å². The Kier molecular flexibility index (Phi) is 3.27. The minimum Gasteiger partial charge on any atom is -0.396 e. The van der Waals surface area contributed by atoms with Gasteiger partial charge in [0.05, 0.1) is 11.4 Å². The summed E-state index contributed by atoms with van der Waals surface area (Å²) in [5, 5.41) is 12.8. The zero-order valence-electron chi connectivity index (χ0n) is 10.2. The largest absolute Gasteiger partial charge is 0.396 e. The molecule has 0 spiro atoms. The van der Waals surface area contributed by atoms with Crippen molar-refractivity contribution in [2.45, 2.75) is 38.5 Å². The highest BCUT2D eigenvalue weighted by Gasteiger charge is 2.34. The molecule has 96 valence electrons. The Morgan fingerprint density at radius 3 is 2.71 bits per heavy atom. The van der Waals surface area contributed by atoms with Crippen LogP contribution >= 0.6 is 0 Å². The zero-order chi connectivity index (χ0) is 12.6. The monoisotopic (exact) mass is 258 g/mol. The van der Waals surface area contributed by atoms with E-state index in [4.69, 9.17) is 5.11 Å². The van der Waals surface area contributed by atoms with Crippen LogP contribution in [0.2, 0.25) is 0 Å². The summed E-state index contributed by atoms with van der Waals surface area (Å²) in [5.74, 6) is 0.255. The van der Waals surface area contributed by atoms with Crippen LogP contribution in [0, 0.1) is 13.8 Å². The molecule has 1 saturated heterocycles. The first-order valence-electron chi connectivity index (χ1n) is 5.84. The summed E-state index contributed by atoms with van der Waals surface area (Å²) in [6.45, 7) is 3.79. The maximum atomic E-state index is 11.9. The number of nitrogens with zero attached hydrogens (tertiary/aromatic N) is 2. The normalized spacial score (nSPS) is 23.1. The first-order valence-corrected chi connectivity index (χ1v) is 7.56.